The van der Waals surface area contributed by atoms with Crippen LogP contribution in [0.5, 0.6) is 0 Å². The number of benzene rings is 2. The van der Waals surface area contributed by atoms with Gasteiger partial charge in [0.25, 0.3) is 0 Å². The van der Waals surface area contributed by atoms with Crippen molar-refractivity contribution in [2.75, 3.05) is 0 Å². The molecule has 0 radical (unpaired) electrons. The van der Waals surface area contributed by atoms with Gasteiger partial charge in [-0.05, 0) is 36.8 Å². The summed E-state index contributed by atoms with van der Waals surface area (Å²) in [4.78, 5) is 2.58. The van der Waals surface area contributed by atoms with Gasteiger partial charge >= 0.3 is 0 Å². The largest absolute Gasteiger partial charge is 0.391 e. The normalized spacial score (nSPS) is 31.3. The van der Waals surface area contributed by atoms with Crippen molar-refractivity contribution >= 4 is 0 Å². The highest BCUT2D eigenvalue weighted by atomic mass is 16.3. The van der Waals surface area contributed by atoms with E-state index in [-0.39, 0.29) is 11.6 Å². The minimum Gasteiger partial charge on any atom is -0.391 e. The van der Waals surface area contributed by atoms with Gasteiger partial charge in [0.1, 0.15) is 0 Å². The lowest BCUT2D eigenvalue weighted by Crippen LogP contribution is -2.55. The molecule has 2 saturated heterocycles. The molecular weight excluding hydrogens is 270 g/mol. The molecule has 0 aromatic heterocycles. The first-order valence-electron chi connectivity index (χ1n) is 8.35. The van der Waals surface area contributed by atoms with Crippen molar-refractivity contribution in [1.82, 2.24) is 4.90 Å². The minimum absolute atomic E-state index is 0.194. The van der Waals surface area contributed by atoms with E-state index in [0.29, 0.717) is 6.04 Å². The Hall–Kier alpha value is -1.64. The van der Waals surface area contributed by atoms with E-state index in [1.807, 2.05) is 0 Å². The molecule has 114 valence electrons. The van der Waals surface area contributed by atoms with E-state index in [2.05, 4.69) is 65.6 Å². The minimum atomic E-state index is -0.266. The molecule has 2 bridgehead atoms. The maximum absolute atomic E-state index is 10.9. The van der Waals surface area contributed by atoms with Gasteiger partial charge in [0.2, 0.25) is 0 Å². The average molecular weight is 293 g/mol. The molecule has 2 aromatic carbocycles. The van der Waals surface area contributed by atoms with Crippen molar-refractivity contribution in [3.8, 4) is 0 Å². The Labute approximate surface area is 132 Å². The molecule has 2 aromatic rings. The molecule has 22 heavy (non-hydrogen) atoms. The number of hydrogen-bond donors (Lipinski definition) is 1. The Bertz CT molecular complexity index is 627. The highest BCUT2D eigenvalue weighted by molar-refractivity contribution is 5.31. The van der Waals surface area contributed by atoms with E-state index in [9.17, 15) is 5.11 Å². The summed E-state index contributed by atoms with van der Waals surface area (Å²) in [5.74, 6) is 0. The van der Waals surface area contributed by atoms with Crippen molar-refractivity contribution in [2.45, 2.75) is 49.9 Å². The van der Waals surface area contributed by atoms with E-state index >= 15 is 0 Å². The van der Waals surface area contributed by atoms with E-state index in [1.165, 1.54) is 17.5 Å². The zero-order valence-electron chi connectivity index (χ0n) is 12.9. The molecule has 1 N–H and O–H groups in total. The second-order valence-corrected chi connectivity index (χ2v) is 6.69. The first-order chi connectivity index (χ1) is 10.8. The molecule has 2 aliphatic rings. The van der Waals surface area contributed by atoms with Crippen LogP contribution < -0.4 is 0 Å². The average Bonchev–Trinajstić information content (AvgIpc) is 2.84. The van der Waals surface area contributed by atoms with Gasteiger partial charge in [-0.3, -0.25) is 4.90 Å². The molecular formula is C20H23NO. The summed E-state index contributed by atoms with van der Waals surface area (Å²) in [6, 6.07) is 21.9. The summed E-state index contributed by atoms with van der Waals surface area (Å²) >= 11 is 0. The van der Waals surface area contributed by atoms with Gasteiger partial charge in [-0.15, -0.1) is 0 Å². The number of rotatable bonds is 3. The van der Waals surface area contributed by atoms with Crippen LogP contribution in [0.3, 0.4) is 0 Å². The van der Waals surface area contributed by atoms with Crippen LogP contribution in [-0.4, -0.2) is 22.2 Å². The van der Waals surface area contributed by atoms with Gasteiger partial charge in [0.05, 0.1) is 11.6 Å². The smallest absolute Gasteiger partial charge is 0.0766 e. The predicted octanol–water partition coefficient (Wildman–Crippen LogP) is 3.70. The lowest BCUT2D eigenvalue weighted by molar-refractivity contribution is -0.0666. The van der Waals surface area contributed by atoms with Gasteiger partial charge in [-0.1, -0.05) is 60.7 Å². The lowest BCUT2D eigenvalue weighted by atomic mass is 9.79. The quantitative estimate of drug-likeness (QED) is 0.932. The first-order valence-corrected chi connectivity index (χ1v) is 8.35. The molecule has 2 fully saturated rings. The highest BCUT2D eigenvalue weighted by Gasteiger charge is 2.54. The number of hydrogen-bond acceptors (Lipinski definition) is 2. The van der Waals surface area contributed by atoms with Crippen LogP contribution in [0.25, 0.3) is 0 Å². The molecule has 2 heteroatoms. The summed E-state index contributed by atoms with van der Waals surface area (Å²) in [6.07, 6.45) is 4.03. The Balaban J connectivity index is 1.75. The van der Waals surface area contributed by atoms with Crippen molar-refractivity contribution in [2.24, 2.45) is 0 Å². The molecule has 2 heterocycles. The Morgan fingerprint density at radius 2 is 1.59 bits per heavy atom. The third-order valence-corrected chi connectivity index (χ3v) is 5.61. The lowest BCUT2D eigenvalue weighted by Gasteiger charge is -2.48. The van der Waals surface area contributed by atoms with E-state index in [1.54, 1.807) is 0 Å². The summed E-state index contributed by atoms with van der Waals surface area (Å²) in [6.45, 7) is 0.928. The Kier molecular flexibility index (Phi) is 3.51. The monoisotopic (exact) mass is 293 g/mol. The zero-order valence-corrected chi connectivity index (χ0v) is 12.9. The Morgan fingerprint density at radius 3 is 2.32 bits per heavy atom. The molecule has 0 amide bonds. The molecule has 0 spiro atoms. The molecule has 3 atom stereocenters. The van der Waals surface area contributed by atoms with Crippen molar-refractivity contribution in [3.05, 3.63) is 71.8 Å². The summed E-state index contributed by atoms with van der Waals surface area (Å²) in [5, 5.41) is 10.9. The summed E-state index contributed by atoms with van der Waals surface area (Å²) < 4.78 is 0. The van der Waals surface area contributed by atoms with Crippen LogP contribution in [0.2, 0.25) is 0 Å². The number of fused-ring (bicyclic) bond motifs is 2. The maximum Gasteiger partial charge on any atom is 0.0766 e. The van der Waals surface area contributed by atoms with Crippen molar-refractivity contribution < 1.29 is 5.11 Å². The number of piperidine rings is 1. The Morgan fingerprint density at radius 1 is 0.909 bits per heavy atom. The van der Waals surface area contributed by atoms with Gasteiger partial charge in [-0.2, -0.15) is 0 Å². The van der Waals surface area contributed by atoms with Crippen LogP contribution in [0.15, 0.2) is 60.7 Å². The number of aliphatic hydroxyl groups excluding tert-OH is 1. The summed E-state index contributed by atoms with van der Waals surface area (Å²) in [5.41, 5.74) is 2.42. The number of aliphatic hydroxyl groups is 1. The van der Waals surface area contributed by atoms with Crippen LogP contribution in [0.4, 0.5) is 0 Å². The molecule has 0 saturated carbocycles. The highest BCUT2D eigenvalue weighted by Crippen LogP contribution is 2.51. The van der Waals surface area contributed by atoms with Gasteiger partial charge in [0, 0.05) is 12.6 Å². The molecule has 0 aliphatic carbocycles. The summed E-state index contributed by atoms with van der Waals surface area (Å²) in [7, 11) is 0. The van der Waals surface area contributed by atoms with Crippen LogP contribution in [0, 0.1) is 0 Å². The van der Waals surface area contributed by atoms with Gasteiger partial charge < -0.3 is 5.11 Å². The molecule has 4 rings (SSSR count). The standard InChI is InChI=1S/C20H23NO/c22-19-12-11-18-13-14-20(19,17-9-5-2-6-10-17)21(18)15-16-7-3-1-4-8-16/h1-10,18-19,22H,11-15H2. The fraction of sp³-hybridized carbons (Fsp3) is 0.400. The van der Waals surface area contributed by atoms with E-state index in [4.69, 9.17) is 0 Å². The van der Waals surface area contributed by atoms with E-state index < -0.39 is 0 Å². The molecule has 3 unspecified atom stereocenters. The van der Waals surface area contributed by atoms with E-state index in [0.717, 1.165) is 25.8 Å². The third kappa shape index (κ3) is 2.10. The maximum atomic E-state index is 10.9. The molecule has 2 nitrogen and oxygen atoms in total. The van der Waals surface area contributed by atoms with Gasteiger partial charge in [-0.25, -0.2) is 0 Å². The van der Waals surface area contributed by atoms with Crippen LogP contribution in [-0.2, 0) is 12.1 Å². The second kappa shape index (κ2) is 5.53. The van der Waals surface area contributed by atoms with Gasteiger partial charge in [0.15, 0.2) is 0 Å². The zero-order chi connectivity index (χ0) is 15.0. The van der Waals surface area contributed by atoms with Crippen molar-refractivity contribution in [1.29, 1.82) is 0 Å². The van der Waals surface area contributed by atoms with Crippen LogP contribution >= 0.6 is 0 Å². The topological polar surface area (TPSA) is 23.5 Å². The fourth-order valence-electron chi connectivity index (χ4n) is 4.54. The second-order valence-electron chi connectivity index (χ2n) is 6.69. The molecule has 2 aliphatic heterocycles. The fourth-order valence-corrected chi connectivity index (χ4v) is 4.54. The third-order valence-electron chi connectivity index (χ3n) is 5.61. The first kappa shape index (κ1) is 14.0. The van der Waals surface area contributed by atoms with Crippen molar-refractivity contribution in [3.63, 3.8) is 0 Å². The SMILES string of the molecule is OC1CCC2CCC1(c1ccccc1)N2Cc1ccccc1. The predicted molar refractivity (Wildman–Crippen MR) is 88.4 cm³/mol. The van der Waals surface area contributed by atoms with Crippen LogP contribution in [0.1, 0.15) is 36.8 Å². The number of nitrogens with zero attached hydrogens (tertiary/aromatic N) is 1.